The number of sulfonamides is 1. The minimum absolute atomic E-state index is 0.127. The number of carbonyl (C=O) groups is 1. The molecule has 0 radical (unpaired) electrons. The van der Waals surface area contributed by atoms with Gasteiger partial charge in [0.15, 0.2) is 0 Å². The summed E-state index contributed by atoms with van der Waals surface area (Å²) in [6, 6.07) is 8.03. The SMILES string of the molecule is Cc1cc(Cl)ccc1NC(=O)N1C[C@@H]2C[C@H](NS(=O)(=O)c3cccs3)[C@H]1C2. The molecule has 1 aliphatic heterocycles. The molecule has 144 valence electrons. The number of nitrogens with zero attached hydrogens (tertiary/aromatic N) is 1. The zero-order valence-corrected chi connectivity index (χ0v) is 17.1. The number of hydrogen-bond donors (Lipinski definition) is 2. The second-order valence-corrected chi connectivity index (χ2v) is 10.4. The second-order valence-electron chi connectivity index (χ2n) is 7.11. The Bertz CT molecular complexity index is 962. The van der Waals surface area contributed by atoms with Crippen LogP contribution in [-0.2, 0) is 10.0 Å². The van der Waals surface area contributed by atoms with Crippen LogP contribution in [0, 0.1) is 12.8 Å². The van der Waals surface area contributed by atoms with E-state index in [9.17, 15) is 13.2 Å². The van der Waals surface area contributed by atoms with E-state index in [1.807, 2.05) is 6.92 Å². The van der Waals surface area contributed by atoms with Gasteiger partial charge in [0.25, 0.3) is 0 Å². The lowest BCUT2D eigenvalue weighted by molar-refractivity contribution is 0.183. The Morgan fingerprint density at radius 1 is 1.30 bits per heavy atom. The highest BCUT2D eigenvalue weighted by Crippen LogP contribution is 2.39. The first-order chi connectivity index (χ1) is 12.8. The average molecular weight is 426 g/mol. The number of anilines is 1. The molecule has 1 aromatic heterocycles. The lowest BCUT2D eigenvalue weighted by Crippen LogP contribution is -2.52. The molecule has 4 rings (SSSR count). The standard InChI is InChI=1S/C18H20ClN3O3S2/c1-11-7-13(19)4-5-14(11)20-18(23)22-10-12-8-15(16(22)9-12)21-27(24,25)17-3-2-6-26-17/h2-7,12,15-16,21H,8-10H2,1H3,(H,20,23)/t12-,15+,16-/m1/s1. The van der Waals surface area contributed by atoms with Crippen LogP contribution in [0.4, 0.5) is 10.5 Å². The Balaban J connectivity index is 1.47. The predicted octanol–water partition coefficient (Wildman–Crippen LogP) is 3.68. The summed E-state index contributed by atoms with van der Waals surface area (Å²) in [6.45, 7) is 2.54. The number of aryl methyl sites for hydroxylation is 1. The number of halogens is 1. The fourth-order valence-electron chi connectivity index (χ4n) is 4.01. The summed E-state index contributed by atoms with van der Waals surface area (Å²) in [5.74, 6) is 0.322. The molecular weight excluding hydrogens is 406 g/mol. The first-order valence-corrected chi connectivity index (χ1v) is 11.5. The van der Waals surface area contributed by atoms with Crippen molar-refractivity contribution in [3.8, 4) is 0 Å². The summed E-state index contributed by atoms with van der Waals surface area (Å²) in [5, 5.41) is 5.29. The molecule has 9 heteroatoms. The molecule has 1 aromatic carbocycles. The van der Waals surface area contributed by atoms with Gasteiger partial charge in [0.1, 0.15) is 4.21 Å². The molecule has 0 unspecified atom stereocenters. The van der Waals surface area contributed by atoms with Crippen molar-refractivity contribution in [1.29, 1.82) is 0 Å². The predicted molar refractivity (Wildman–Crippen MR) is 107 cm³/mol. The summed E-state index contributed by atoms with van der Waals surface area (Å²) < 4.78 is 28.2. The summed E-state index contributed by atoms with van der Waals surface area (Å²) in [4.78, 5) is 14.5. The molecule has 2 amide bonds. The molecule has 3 atom stereocenters. The number of benzene rings is 1. The summed E-state index contributed by atoms with van der Waals surface area (Å²) >= 11 is 7.16. The zero-order chi connectivity index (χ0) is 19.2. The zero-order valence-electron chi connectivity index (χ0n) is 14.7. The van der Waals surface area contributed by atoms with Crippen molar-refractivity contribution in [2.75, 3.05) is 11.9 Å². The van der Waals surface area contributed by atoms with Crippen LogP contribution in [0.5, 0.6) is 0 Å². The molecule has 1 saturated heterocycles. The van der Waals surface area contributed by atoms with E-state index in [4.69, 9.17) is 11.6 Å². The van der Waals surface area contributed by atoms with Gasteiger partial charge < -0.3 is 10.2 Å². The molecule has 1 aliphatic carbocycles. The number of thiophene rings is 1. The van der Waals surface area contributed by atoms with Crippen LogP contribution in [0.2, 0.25) is 5.02 Å². The van der Waals surface area contributed by atoms with E-state index < -0.39 is 10.0 Å². The summed E-state index contributed by atoms with van der Waals surface area (Å²) in [5.41, 5.74) is 1.60. The Kier molecular flexibility index (Phi) is 4.92. The Morgan fingerprint density at radius 3 is 2.78 bits per heavy atom. The van der Waals surface area contributed by atoms with Crippen LogP contribution < -0.4 is 10.0 Å². The minimum Gasteiger partial charge on any atom is -0.320 e. The van der Waals surface area contributed by atoms with Crippen molar-refractivity contribution >= 4 is 44.7 Å². The van der Waals surface area contributed by atoms with Crippen molar-refractivity contribution in [3.63, 3.8) is 0 Å². The molecule has 6 nitrogen and oxygen atoms in total. The summed E-state index contributed by atoms with van der Waals surface area (Å²) in [7, 11) is -3.55. The van der Waals surface area contributed by atoms with Crippen LogP contribution in [-0.4, -0.2) is 38.0 Å². The van der Waals surface area contributed by atoms with Crippen LogP contribution in [0.3, 0.4) is 0 Å². The van der Waals surface area contributed by atoms with Crippen molar-refractivity contribution in [2.45, 2.75) is 36.1 Å². The van der Waals surface area contributed by atoms with Crippen LogP contribution in [0.15, 0.2) is 39.9 Å². The third kappa shape index (κ3) is 3.71. The molecule has 2 fully saturated rings. The van der Waals surface area contributed by atoms with E-state index in [1.165, 1.54) is 11.3 Å². The summed E-state index contributed by atoms with van der Waals surface area (Å²) in [6.07, 6.45) is 1.59. The highest BCUT2D eigenvalue weighted by Gasteiger charge is 2.48. The molecule has 1 saturated carbocycles. The number of rotatable bonds is 4. The number of amides is 2. The van der Waals surface area contributed by atoms with Gasteiger partial charge in [-0.05, 0) is 60.9 Å². The van der Waals surface area contributed by atoms with Gasteiger partial charge in [-0.15, -0.1) is 11.3 Å². The van der Waals surface area contributed by atoms with Crippen molar-refractivity contribution < 1.29 is 13.2 Å². The molecule has 27 heavy (non-hydrogen) atoms. The van der Waals surface area contributed by atoms with Gasteiger partial charge in [-0.25, -0.2) is 17.9 Å². The molecule has 2 aromatic rings. The normalized spacial score (nSPS) is 24.4. The van der Waals surface area contributed by atoms with Gasteiger partial charge in [0.2, 0.25) is 10.0 Å². The molecular formula is C18H20ClN3O3S2. The number of piperidine rings is 1. The smallest absolute Gasteiger partial charge is 0.320 e. The van der Waals surface area contributed by atoms with E-state index in [1.54, 1.807) is 40.6 Å². The van der Waals surface area contributed by atoms with Crippen LogP contribution in [0.1, 0.15) is 18.4 Å². The number of nitrogens with one attached hydrogen (secondary N) is 2. The minimum atomic E-state index is -3.55. The molecule has 2 N–H and O–H groups in total. The fourth-order valence-corrected chi connectivity index (χ4v) is 6.53. The number of carbonyl (C=O) groups excluding carboxylic acids is 1. The van der Waals surface area contributed by atoms with Gasteiger partial charge in [-0.1, -0.05) is 17.7 Å². The fraction of sp³-hybridized carbons (Fsp3) is 0.389. The van der Waals surface area contributed by atoms with E-state index >= 15 is 0 Å². The first kappa shape index (κ1) is 18.7. The maximum atomic E-state index is 12.8. The van der Waals surface area contributed by atoms with Crippen molar-refractivity contribution in [2.24, 2.45) is 5.92 Å². The average Bonchev–Trinajstić information content (AvgIpc) is 3.32. The van der Waals surface area contributed by atoms with E-state index in [0.717, 1.165) is 18.4 Å². The topological polar surface area (TPSA) is 78.5 Å². The monoisotopic (exact) mass is 425 g/mol. The quantitative estimate of drug-likeness (QED) is 0.784. The first-order valence-electron chi connectivity index (χ1n) is 8.73. The molecule has 2 aliphatic rings. The molecule has 2 heterocycles. The van der Waals surface area contributed by atoms with Crippen LogP contribution in [0.25, 0.3) is 0 Å². The third-order valence-electron chi connectivity index (χ3n) is 5.24. The van der Waals surface area contributed by atoms with Crippen molar-refractivity contribution in [3.05, 3.63) is 46.3 Å². The van der Waals surface area contributed by atoms with Gasteiger partial charge in [0, 0.05) is 23.3 Å². The number of fused-ring (bicyclic) bond motifs is 2. The highest BCUT2D eigenvalue weighted by molar-refractivity contribution is 7.91. The van der Waals surface area contributed by atoms with Crippen LogP contribution >= 0.6 is 22.9 Å². The molecule has 2 bridgehead atoms. The number of likely N-dealkylation sites (tertiary alicyclic amines) is 1. The lowest BCUT2D eigenvalue weighted by atomic mass is 10.1. The largest absolute Gasteiger partial charge is 0.322 e. The maximum Gasteiger partial charge on any atom is 0.322 e. The number of urea groups is 1. The number of hydrogen-bond acceptors (Lipinski definition) is 4. The van der Waals surface area contributed by atoms with Gasteiger partial charge in [-0.2, -0.15) is 0 Å². The van der Waals surface area contributed by atoms with E-state index in [0.29, 0.717) is 27.4 Å². The Labute approximate surface area is 167 Å². The Morgan fingerprint density at radius 2 is 2.11 bits per heavy atom. The molecule has 0 spiro atoms. The van der Waals surface area contributed by atoms with Gasteiger partial charge in [-0.3, -0.25) is 0 Å². The van der Waals surface area contributed by atoms with E-state index in [-0.39, 0.29) is 18.1 Å². The van der Waals surface area contributed by atoms with E-state index in [2.05, 4.69) is 10.0 Å². The lowest BCUT2D eigenvalue weighted by Gasteiger charge is -2.33. The maximum absolute atomic E-state index is 12.8. The van der Waals surface area contributed by atoms with Gasteiger partial charge >= 0.3 is 6.03 Å². The second kappa shape index (κ2) is 7.09. The third-order valence-corrected chi connectivity index (χ3v) is 8.36. The van der Waals surface area contributed by atoms with Gasteiger partial charge in [0.05, 0.1) is 6.04 Å². The van der Waals surface area contributed by atoms with Crippen molar-refractivity contribution in [1.82, 2.24) is 9.62 Å². The highest BCUT2D eigenvalue weighted by atomic mass is 35.5. The Hall–Kier alpha value is -1.61.